The number of aryl methyl sites for hydroxylation is 2. The van der Waals surface area contributed by atoms with Crippen LogP contribution < -0.4 is 5.32 Å². The van der Waals surface area contributed by atoms with Crippen LogP contribution in [0.1, 0.15) is 147 Å². The summed E-state index contributed by atoms with van der Waals surface area (Å²) >= 11 is 0. The molecule has 1 fully saturated rings. The summed E-state index contributed by atoms with van der Waals surface area (Å²) in [5.74, 6) is 2.01. The Morgan fingerprint density at radius 2 is 1.21 bits per heavy atom. The smallest absolute Gasteiger partial charge is 0.0343 e. The Bertz CT molecular complexity index is 584. The van der Waals surface area contributed by atoms with Crippen LogP contribution in [-0.4, -0.2) is 6.54 Å². The molecule has 0 saturated heterocycles. The van der Waals surface area contributed by atoms with E-state index in [0.29, 0.717) is 0 Å². The summed E-state index contributed by atoms with van der Waals surface area (Å²) in [5.41, 5.74) is 4.37. The summed E-state index contributed by atoms with van der Waals surface area (Å²) in [5, 5.41) is 3.65. The second-order valence-electron chi connectivity index (χ2n) is 11.2. The highest BCUT2D eigenvalue weighted by Gasteiger charge is 2.20. The zero-order valence-corrected chi connectivity index (χ0v) is 22.7. The van der Waals surface area contributed by atoms with E-state index < -0.39 is 0 Å². The van der Waals surface area contributed by atoms with Crippen molar-refractivity contribution in [2.24, 2.45) is 11.8 Å². The van der Waals surface area contributed by atoms with Crippen molar-refractivity contribution in [3.8, 4) is 0 Å². The van der Waals surface area contributed by atoms with Gasteiger partial charge in [-0.05, 0) is 61.3 Å². The minimum atomic E-state index is 0.972. The van der Waals surface area contributed by atoms with Crippen LogP contribution in [0.4, 0.5) is 5.69 Å². The van der Waals surface area contributed by atoms with Gasteiger partial charge >= 0.3 is 0 Å². The molecule has 1 aromatic rings. The van der Waals surface area contributed by atoms with E-state index in [4.69, 9.17) is 0 Å². The van der Waals surface area contributed by atoms with Gasteiger partial charge < -0.3 is 5.32 Å². The van der Waals surface area contributed by atoms with E-state index in [1.165, 1.54) is 140 Å². The minimum Gasteiger partial charge on any atom is -0.385 e. The molecule has 1 nitrogen and oxygen atoms in total. The molecular weight excluding hydrogens is 398 g/mol. The lowest BCUT2D eigenvalue weighted by Gasteiger charge is -2.28. The van der Waals surface area contributed by atoms with Gasteiger partial charge in [-0.25, -0.2) is 0 Å². The van der Waals surface area contributed by atoms with Crippen molar-refractivity contribution in [3.05, 3.63) is 29.3 Å². The Balaban J connectivity index is 1.54. The molecule has 1 heteroatoms. The molecule has 0 amide bonds. The van der Waals surface area contributed by atoms with Gasteiger partial charge in [0.1, 0.15) is 0 Å². The summed E-state index contributed by atoms with van der Waals surface area (Å²) < 4.78 is 0. The maximum atomic E-state index is 3.65. The Hall–Kier alpha value is -0.980. The van der Waals surface area contributed by atoms with E-state index in [9.17, 15) is 0 Å². The SMILES string of the molecule is CCCCCCCCC[C@H]1CC[C@H](CCc2ccc(NCCCCCCCC)cc2C)CC1. The Kier molecular flexibility index (Phi) is 15.7. The second kappa shape index (κ2) is 18.4. The van der Waals surface area contributed by atoms with Gasteiger partial charge in [0.05, 0.1) is 0 Å². The van der Waals surface area contributed by atoms with Gasteiger partial charge in [-0.3, -0.25) is 0 Å². The molecule has 0 atom stereocenters. The molecule has 0 bridgehead atoms. The third kappa shape index (κ3) is 12.9. The molecule has 0 aliphatic heterocycles. The van der Waals surface area contributed by atoms with E-state index >= 15 is 0 Å². The van der Waals surface area contributed by atoms with Crippen LogP contribution in [0.5, 0.6) is 0 Å². The molecule has 1 saturated carbocycles. The maximum absolute atomic E-state index is 3.65. The average molecular weight is 456 g/mol. The standard InChI is InChI=1S/C32H57N/c1-4-6-8-10-12-13-15-17-29-18-20-30(21-19-29)22-23-31-24-25-32(27-28(31)3)33-26-16-14-11-9-7-5-2/h24-25,27,29-30,33H,4-23,26H2,1-3H3/t29-,30-. The molecule has 1 aliphatic carbocycles. The summed E-state index contributed by atoms with van der Waals surface area (Å²) in [7, 11) is 0. The van der Waals surface area contributed by atoms with Crippen LogP contribution in [0.25, 0.3) is 0 Å². The minimum absolute atomic E-state index is 0.972. The molecule has 0 aromatic heterocycles. The van der Waals surface area contributed by atoms with Gasteiger partial charge in [0, 0.05) is 12.2 Å². The highest BCUT2D eigenvalue weighted by atomic mass is 14.9. The predicted octanol–water partition coefficient (Wildman–Crippen LogP) is 10.6. The van der Waals surface area contributed by atoms with Crippen LogP contribution in [0, 0.1) is 18.8 Å². The molecule has 33 heavy (non-hydrogen) atoms. The van der Waals surface area contributed by atoms with Crippen molar-refractivity contribution in [1.82, 2.24) is 0 Å². The van der Waals surface area contributed by atoms with E-state index in [1.807, 2.05) is 0 Å². The Morgan fingerprint density at radius 3 is 1.82 bits per heavy atom. The molecule has 0 heterocycles. The van der Waals surface area contributed by atoms with E-state index in [-0.39, 0.29) is 0 Å². The first-order valence-corrected chi connectivity index (χ1v) is 15.1. The lowest BCUT2D eigenvalue weighted by molar-refractivity contribution is 0.248. The van der Waals surface area contributed by atoms with Gasteiger partial charge in [0.15, 0.2) is 0 Å². The maximum Gasteiger partial charge on any atom is 0.0343 e. The van der Waals surface area contributed by atoms with Gasteiger partial charge in [0.25, 0.3) is 0 Å². The Labute approximate surface area is 207 Å². The number of nitrogens with one attached hydrogen (secondary N) is 1. The molecular formula is C32H57N. The third-order valence-corrected chi connectivity index (χ3v) is 8.21. The summed E-state index contributed by atoms with van der Waals surface area (Å²) in [4.78, 5) is 0. The fourth-order valence-corrected chi connectivity index (χ4v) is 5.78. The van der Waals surface area contributed by atoms with Crippen molar-refractivity contribution >= 4 is 5.69 Å². The van der Waals surface area contributed by atoms with Crippen LogP contribution in [0.15, 0.2) is 18.2 Å². The number of unbranched alkanes of at least 4 members (excludes halogenated alkanes) is 11. The first-order valence-electron chi connectivity index (χ1n) is 15.1. The normalized spacial score (nSPS) is 18.5. The van der Waals surface area contributed by atoms with Crippen LogP contribution in [-0.2, 0) is 6.42 Å². The van der Waals surface area contributed by atoms with Crippen LogP contribution in [0.2, 0.25) is 0 Å². The zero-order valence-electron chi connectivity index (χ0n) is 22.7. The molecule has 1 aromatic carbocycles. The van der Waals surface area contributed by atoms with Crippen molar-refractivity contribution in [3.63, 3.8) is 0 Å². The number of hydrogen-bond donors (Lipinski definition) is 1. The topological polar surface area (TPSA) is 12.0 Å². The first kappa shape index (κ1) is 28.3. The predicted molar refractivity (Wildman–Crippen MR) is 149 cm³/mol. The third-order valence-electron chi connectivity index (χ3n) is 8.21. The molecule has 1 aliphatic rings. The second-order valence-corrected chi connectivity index (χ2v) is 11.2. The summed E-state index contributed by atoms with van der Waals surface area (Å²) in [6.45, 7) is 8.03. The first-order chi connectivity index (χ1) is 16.2. The molecule has 0 spiro atoms. The molecule has 0 unspecified atom stereocenters. The van der Waals surface area contributed by atoms with E-state index in [2.05, 4.69) is 44.3 Å². The lowest BCUT2D eigenvalue weighted by Crippen LogP contribution is -2.15. The van der Waals surface area contributed by atoms with Gasteiger partial charge in [-0.1, -0.05) is 129 Å². The van der Waals surface area contributed by atoms with E-state index in [0.717, 1.165) is 18.4 Å². The van der Waals surface area contributed by atoms with Gasteiger partial charge in [-0.15, -0.1) is 0 Å². The number of anilines is 1. The number of benzene rings is 1. The van der Waals surface area contributed by atoms with Crippen molar-refractivity contribution in [1.29, 1.82) is 0 Å². The van der Waals surface area contributed by atoms with Crippen LogP contribution >= 0.6 is 0 Å². The average Bonchev–Trinajstić information content (AvgIpc) is 2.83. The van der Waals surface area contributed by atoms with Crippen LogP contribution in [0.3, 0.4) is 0 Å². The van der Waals surface area contributed by atoms with Gasteiger partial charge in [-0.2, -0.15) is 0 Å². The molecule has 0 radical (unpaired) electrons. The van der Waals surface area contributed by atoms with Crippen molar-refractivity contribution in [2.75, 3.05) is 11.9 Å². The zero-order chi connectivity index (χ0) is 23.6. The van der Waals surface area contributed by atoms with Gasteiger partial charge in [0.2, 0.25) is 0 Å². The summed E-state index contributed by atoms with van der Waals surface area (Å²) in [6, 6.07) is 7.09. The Morgan fingerprint density at radius 1 is 0.667 bits per heavy atom. The quantitative estimate of drug-likeness (QED) is 0.204. The van der Waals surface area contributed by atoms with E-state index in [1.54, 1.807) is 5.56 Å². The summed E-state index contributed by atoms with van der Waals surface area (Å²) in [6.07, 6.45) is 28.5. The highest BCUT2D eigenvalue weighted by Crippen LogP contribution is 2.34. The monoisotopic (exact) mass is 455 g/mol. The fraction of sp³-hybridized carbons (Fsp3) is 0.812. The number of hydrogen-bond acceptors (Lipinski definition) is 1. The molecule has 2 rings (SSSR count). The largest absolute Gasteiger partial charge is 0.385 e. The fourth-order valence-electron chi connectivity index (χ4n) is 5.78. The van der Waals surface area contributed by atoms with Crippen molar-refractivity contribution in [2.45, 2.75) is 149 Å². The lowest BCUT2D eigenvalue weighted by atomic mass is 9.77. The number of rotatable bonds is 19. The molecule has 190 valence electrons. The molecule has 1 N–H and O–H groups in total. The van der Waals surface area contributed by atoms with Crippen molar-refractivity contribution < 1.29 is 0 Å². The highest BCUT2D eigenvalue weighted by molar-refractivity contribution is 5.48.